The van der Waals surface area contributed by atoms with Gasteiger partial charge in [0.15, 0.2) is 11.5 Å². The molecule has 1 saturated heterocycles. The second kappa shape index (κ2) is 7.11. The maximum Gasteiger partial charge on any atom is 0.274 e. The Bertz CT molecular complexity index is 1050. The fourth-order valence-corrected chi connectivity index (χ4v) is 4.37. The Hall–Kier alpha value is -3.00. The van der Waals surface area contributed by atoms with Crippen molar-refractivity contribution in [1.82, 2.24) is 25.3 Å². The van der Waals surface area contributed by atoms with Crippen molar-refractivity contribution in [2.45, 2.75) is 32.5 Å². The van der Waals surface area contributed by atoms with E-state index in [0.29, 0.717) is 25.2 Å². The SMILES string of the molecule is C[C@@H]1Cc2c(C(=O)N3CCN(c4nncc5ccccc45)CC3)n[nH]c2[C@H](C)O1. The van der Waals surface area contributed by atoms with Gasteiger partial charge in [0.2, 0.25) is 0 Å². The number of hydrogen-bond donors (Lipinski definition) is 1. The molecule has 0 spiro atoms. The molecule has 2 aliphatic rings. The number of hydrogen-bond acceptors (Lipinski definition) is 6. The lowest BCUT2D eigenvalue weighted by atomic mass is 9.99. The number of carbonyl (C=O) groups excluding carboxylic acids is 1. The van der Waals surface area contributed by atoms with Gasteiger partial charge in [-0.15, -0.1) is 5.10 Å². The van der Waals surface area contributed by atoms with Crippen LogP contribution in [-0.4, -0.2) is 63.5 Å². The van der Waals surface area contributed by atoms with Crippen molar-refractivity contribution in [3.63, 3.8) is 0 Å². The number of fused-ring (bicyclic) bond motifs is 2. The summed E-state index contributed by atoms with van der Waals surface area (Å²) in [4.78, 5) is 17.2. The van der Waals surface area contributed by atoms with E-state index in [1.165, 1.54) is 0 Å². The van der Waals surface area contributed by atoms with Crippen molar-refractivity contribution in [2.24, 2.45) is 0 Å². The molecule has 1 N–H and O–H groups in total. The largest absolute Gasteiger partial charge is 0.369 e. The Morgan fingerprint density at radius 3 is 2.79 bits per heavy atom. The molecule has 0 bridgehead atoms. The summed E-state index contributed by atoms with van der Waals surface area (Å²) in [7, 11) is 0. The molecule has 0 unspecified atom stereocenters. The number of nitrogens with one attached hydrogen (secondary N) is 1. The number of anilines is 1. The monoisotopic (exact) mass is 392 g/mol. The van der Waals surface area contributed by atoms with Gasteiger partial charge in [-0.05, 0) is 13.8 Å². The molecule has 1 aromatic carbocycles. The summed E-state index contributed by atoms with van der Waals surface area (Å²) in [5.74, 6) is 0.875. The summed E-state index contributed by atoms with van der Waals surface area (Å²) in [5, 5.41) is 18.0. The molecule has 0 radical (unpaired) electrons. The second-order valence-electron chi connectivity index (χ2n) is 7.79. The molecule has 1 fully saturated rings. The Balaban J connectivity index is 1.33. The molecule has 0 aliphatic carbocycles. The summed E-state index contributed by atoms with van der Waals surface area (Å²) in [6, 6.07) is 8.12. The molecular weight excluding hydrogens is 368 g/mol. The first-order chi connectivity index (χ1) is 14.1. The number of carbonyl (C=O) groups is 1. The quantitative estimate of drug-likeness (QED) is 0.720. The van der Waals surface area contributed by atoms with Crippen molar-refractivity contribution in [3.8, 4) is 0 Å². The Kier molecular flexibility index (Phi) is 4.43. The van der Waals surface area contributed by atoms with Crippen LogP contribution in [0.1, 0.15) is 41.7 Å². The smallest absolute Gasteiger partial charge is 0.274 e. The van der Waals surface area contributed by atoms with E-state index in [9.17, 15) is 4.79 Å². The van der Waals surface area contributed by atoms with Gasteiger partial charge in [0.1, 0.15) is 0 Å². The van der Waals surface area contributed by atoms with Crippen molar-refractivity contribution in [1.29, 1.82) is 0 Å². The predicted molar refractivity (Wildman–Crippen MR) is 109 cm³/mol. The number of aromatic amines is 1. The minimum Gasteiger partial charge on any atom is -0.369 e. The van der Waals surface area contributed by atoms with Crippen LogP contribution < -0.4 is 4.90 Å². The van der Waals surface area contributed by atoms with Crippen molar-refractivity contribution < 1.29 is 9.53 Å². The van der Waals surface area contributed by atoms with Gasteiger partial charge in [-0.3, -0.25) is 9.89 Å². The van der Waals surface area contributed by atoms with E-state index in [1.807, 2.05) is 36.9 Å². The predicted octanol–water partition coefficient (Wildman–Crippen LogP) is 2.34. The molecule has 8 heteroatoms. The molecule has 3 aromatic rings. The third-order valence-electron chi connectivity index (χ3n) is 5.85. The number of piperazine rings is 1. The van der Waals surface area contributed by atoms with Gasteiger partial charge in [0, 0.05) is 48.9 Å². The van der Waals surface area contributed by atoms with E-state index in [-0.39, 0.29) is 18.1 Å². The van der Waals surface area contributed by atoms with E-state index in [4.69, 9.17) is 4.74 Å². The van der Waals surface area contributed by atoms with Gasteiger partial charge in [-0.1, -0.05) is 24.3 Å². The summed E-state index contributed by atoms with van der Waals surface area (Å²) in [5.41, 5.74) is 2.47. The van der Waals surface area contributed by atoms with Crippen LogP contribution in [0.25, 0.3) is 10.8 Å². The number of aromatic nitrogens is 4. The lowest BCUT2D eigenvalue weighted by Crippen LogP contribution is -2.49. The summed E-state index contributed by atoms with van der Waals surface area (Å²) in [6.07, 6.45) is 2.52. The average Bonchev–Trinajstić information content (AvgIpc) is 3.17. The molecule has 0 saturated carbocycles. The molecule has 1 amide bonds. The van der Waals surface area contributed by atoms with Gasteiger partial charge < -0.3 is 14.5 Å². The summed E-state index contributed by atoms with van der Waals surface area (Å²) in [6.45, 7) is 6.73. The Labute approximate surface area is 168 Å². The average molecular weight is 392 g/mol. The molecule has 4 heterocycles. The molecule has 29 heavy (non-hydrogen) atoms. The zero-order chi connectivity index (χ0) is 20.0. The third kappa shape index (κ3) is 3.13. The van der Waals surface area contributed by atoms with Crippen molar-refractivity contribution in [3.05, 3.63) is 47.4 Å². The van der Waals surface area contributed by atoms with Gasteiger partial charge >= 0.3 is 0 Å². The molecule has 2 aliphatic heterocycles. The van der Waals surface area contributed by atoms with E-state index >= 15 is 0 Å². The maximum atomic E-state index is 13.2. The first-order valence-electron chi connectivity index (χ1n) is 10.1. The number of amides is 1. The van der Waals surface area contributed by atoms with E-state index in [0.717, 1.165) is 40.9 Å². The molecule has 5 rings (SSSR count). The molecule has 150 valence electrons. The van der Waals surface area contributed by atoms with Gasteiger partial charge in [0.05, 0.1) is 24.1 Å². The zero-order valence-electron chi connectivity index (χ0n) is 16.6. The fraction of sp³-hybridized carbons (Fsp3) is 0.429. The van der Waals surface area contributed by atoms with E-state index < -0.39 is 0 Å². The van der Waals surface area contributed by atoms with E-state index in [1.54, 1.807) is 6.20 Å². The number of rotatable bonds is 2. The second-order valence-corrected chi connectivity index (χ2v) is 7.79. The highest BCUT2D eigenvalue weighted by Crippen LogP contribution is 2.31. The number of ether oxygens (including phenoxy) is 1. The van der Waals surface area contributed by atoms with Crippen LogP contribution in [0.2, 0.25) is 0 Å². The number of H-pyrrole nitrogens is 1. The summed E-state index contributed by atoms with van der Waals surface area (Å²) >= 11 is 0. The molecule has 2 atom stereocenters. The van der Waals surface area contributed by atoms with Crippen LogP contribution in [0.5, 0.6) is 0 Å². The molecule has 2 aromatic heterocycles. The lowest BCUT2D eigenvalue weighted by molar-refractivity contribution is -0.00702. The first kappa shape index (κ1) is 18.1. The molecule has 8 nitrogen and oxygen atoms in total. The Morgan fingerprint density at radius 1 is 1.17 bits per heavy atom. The van der Waals surface area contributed by atoms with Gasteiger partial charge in [-0.25, -0.2) is 0 Å². The number of benzene rings is 1. The Morgan fingerprint density at radius 2 is 1.97 bits per heavy atom. The standard InChI is InChI=1S/C21H24N6O2/c1-13-11-17-18(14(2)29-13)23-24-19(17)21(28)27-9-7-26(8-10-27)20-16-6-4-3-5-15(16)12-22-25-20/h3-6,12-14H,7-11H2,1-2H3,(H,23,24)/t13-,14+/m1/s1. The van der Waals surface area contributed by atoms with Crippen LogP contribution in [-0.2, 0) is 11.2 Å². The van der Waals surface area contributed by atoms with Crippen LogP contribution in [0.15, 0.2) is 30.5 Å². The third-order valence-corrected chi connectivity index (χ3v) is 5.85. The van der Waals surface area contributed by atoms with Crippen molar-refractivity contribution >= 4 is 22.5 Å². The van der Waals surface area contributed by atoms with Gasteiger partial charge in [-0.2, -0.15) is 10.2 Å². The van der Waals surface area contributed by atoms with Crippen LogP contribution in [0.4, 0.5) is 5.82 Å². The number of nitrogens with zero attached hydrogens (tertiary/aromatic N) is 5. The molecular formula is C21H24N6O2. The van der Waals surface area contributed by atoms with Crippen LogP contribution >= 0.6 is 0 Å². The fourth-order valence-electron chi connectivity index (χ4n) is 4.37. The van der Waals surface area contributed by atoms with E-state index in [2.05, 4.69) is 31.4 Å². The highest BCUT2D eigenvalue weighted by atomic mass is 16.5. The minimum atomic E-state index is -0.0652. The minimum absolute atomic E-state index is 0.00699. The maximum absolute atomic E-state index is 13.2. The van der Waals surface area contributed by atoms with Crippen molar-refractivity contribution in [2.75, 3.05) is 31.1 Å². The normalized spacial score (nSPS) is 22.0. The van der Waals surface area contributed by atoms with Crippen LogP contribution in [0, 0.1) is 0 Å². The van der Waals surface area contributed by atoms with Gasteiger partial charge in [0.25, 0.3) is 5.91 Å². The lowest BCUT2D eigenvalue weighted by Gasteiger charge is -2.35. The summed E-state index contributed by atoms with van der Waals surface area (Å²) < 4.78 is 5.83. The van der Waals surface area contributed by atoms with Crippen LogP contribution in [0.3, 0.4) is 0 Å². The highest BCUT2D eigenvalue weighted by Gasteiger charge is 2.32. The first-order valence-corrected chi connectivity index (χ1v) is 10.1. The topological polar surface area (TPSA) is 87.2 Å². The highest BCUT2D eigenvalue weighted by molar-refractivity contribution is 5.95. The zero-order valence-corrected chi connectivity index (χ0v) is 16.6.